The van der Waals surface area contributed by atoms with Crippen molar-refractivity contribution in [3.05, 3.63) is 47.4 Å². The summed E-state index contributed by atoms with van der Waals surface area (Å²) < 4.78 is 1.73. The number of carbonyl (C=O) groups is 2. The van der Waals surface area contributed by atoms with Crippen LogP contribution >= 0.6 is 11.3 Å². The molecule has 0 radical (unpaired) electrons. The molecule has 0 saturated heterocycles. The molecular formula is C14H13N5O2S. The highest BCUT2D eigenvalue weighted by Crippen LogP contribution is 2.25. The first-order chi connectivity index (χ1) is 10.5. The summed E-state index contributed by atoms with van der Waals surface area (Å²) in [6.07, 6.45) is 3.45. The van der Waals surface area contributed by atoms with E-state index in [0.29, 0.717) is 22.2 Å². The van der Waals surface area contributed by atoms with Gasteiger partial charge in [-0.15, -0.1) is 11.3 Å². The standard InChI is InChI=1S/C14H13N5O2S/c1-19-4-2-3-11(19)13(21)18-14-17-10(7-22-14)8-5-9(12(15)20)16-6-8/h2-7,16H,1H3,(H2,15,20)(H,17,18,21). The van der Waals surface area contributed by atoms with Crippen molar-refractivity contribution in [1.82, 2.24) is 14.5 Å². The zero-order valence-corrected chi connectivity index (χ0v) is 12.5. The summed E-state index contributed by atoms with van der Waals surface area (Å²) in [6, 6.07) is 5.16. The molecule has 0 aliphatic heterocycles. The van der Waals surface area contributed by atoms with Gasteiger partial charge in [0.2, 0.25) is 0 Å². The number of aromatic nitrogens is 3. The number of anilines is 1. The summed E-state index contributed by atoms with van der Waals surface area (Å²) in [4.78, 5) is 30.3. The van der Waals surface area contributed by atoms with Gasteiger partial charge in [0.15, 0.2) is 5.13 Å². The normalized spacial score (nSPS) is 10.6. The van der Waals surface area contributed by atoms with Crippen LogP contribution in [0.25, 0.3) is 11.3 Å². The zero-order chi connectivity index (χ0) is 15.7. The lowest BCUT2D eigenvalue weighted by Gasteiger charge is -2.02. The van der Waals surface area contributed by atoms with Crippen molar-refractivity contribution < 1.29 is 9.59 Å². The van der Waals surface area contributed by atoms with Gasteiger partial charge < -0.3 is 15.3 Å². The third kappa shape index (κ3) is 2.63. The van der Waals surface area contributed by atoms with Crippen LogP contribution < -0.4 is 11.1 Å². The number of nitrogens with zero attached hydrogens (tertiary/aromatic N) is 2. The van der Waals surface area contributed by atoms with Crippen LogP contribution in [-0.4, -0.2) is 26.3 Å². The van der Waals surface area contributed by atoms with Crippen LogP contribution in [0.2, 0.25) is 0 Å². The number of nitrogens with two attached hydrogens (primary N) is 1. The van der Waals surface area contributed by atoms with Crippen molar-refractivity contribution >= 4 is 28.3 Å². The largest absolute Gasteiger partial charge is 0.364 e. The maximum atomic E-state index is 12.1. The minimum absolute atomic E-state index is 0.222. The van der Waals surface area contributed by atoms with Gasteiger partial charge in [0.05, 0.1) is 5.69 Å². The fraction of sp³-hybridized carbons (Fsp3) is 0.0714. The highest BCUT2D eigenvalue weighted by molar-refractivity contribution is 7.14. The predicted octanol–water partition coefficient (Wildman–Crippen LogP) is 1.83. The van der Waals surface area contributed by atoms with E-state index in [4.69, 9.17) is 5.73 Å². The lowest BCUT2D eigenvalue weighted by atomic mass is 10.2. The van der Waals surface area contributed by atoms with Gasteiger partial charge in [-0.25, -0.2) is 4.98 Å². The molecule has 8 heteroatoms. The number of rotatable bonds is 4. The molecule has 0 fully saturated rings. The van der Waals surface area contributed by atoms with E-state index in [2.05, 4.69) is 15.3 Å². The highest BCUT2D eigenvalue weighted by atomic mass is 32.1. The number of amides is 2. The minimum atomic E-state index is -0.529. The average molecular weight is 315 g/mol. The maximum absolute atomic E-state index is 12.1. The smallest absolute Gasteiger partial charge is 0.274 e. The molecular weight excluding hydrogens is 302 g/mol. The van der Waals surface area contributed by atoms with Gasteiger partial charge in [0.25, 0.3) is 11.8 Å². The first-order valence-corrected chi connectivity index (χ1v) is 7.29. The van der Waals surface area contributed by atoms with Crippen LogP contribution in [0.3, 0.4) is 0 Å². The Bertz CT molecular complexity index is 845. The number of thiazole rings is 1. The van der Waals surface area contributed by atoms with E-state index in [-0.39, 0.29) is 5.91 Å². The van der Waals surface area contributed by atoms with Crippen molar-refractivity contribution in [2.75, 3.05) is 5.32 Å². The van der Waals surface area contributed by atoms with E-state index < -0.39 is 5.91 Å². The van der Waals surface area contributed by atoms with Crippen LogP contribution in [0, 0.1) is 0 Å². The summed E-state index contributed by atoms with van der Waals surface area (Å²) >= 11 is 1.31. The Labute approximate surface area is 129 Å². The van der Waals surface area contributed by atoms with E-state index in [1.807, 2.05) is 0 Å². The maximum Gasteiger partial charge on any atom is 0.274 e. The van der Waals surface area contributed by atoms with Crippen LogP contribution in [0.5, 0.6) is 0 Å². The van der Waals surface area contributed by atoms with Gasteiger partial charge in [-0.05, 0) is 18.2 Å². The number of nitrogens with one attached hydrogen (secondary N) is 2. The summed E-state index contributed by atoms with van der Waals surface area (Å²) in [5.74, 6) is -0.751. The third-order valence-electron chi connectivity index (χ3n) is 3.15. The van der Waals surface area contributed by atoms with Crippen LogP contribution in [-0.2, 0) is 7.05 Å². The molecule has 7 nitrogen and oxygen atoms in total. The van der Waals surface area contributed by atoms with E-state index in [1.54, 1.807) is 47.6 Å². The molecule has 22 heavy (non-hydrogen) atoms. The fourth-order valence-electron chi connectivity index (χ4n) is 2.01. The molecule has 2 amide bonds. The van der Waals surface area contributed by atoms with Crippen molar-refractivity contribution in [2.24, 2.45) is 12.8 Å². The van der Waals surface area contributed by atoms with Gasteiger partial charge in [0, 0.05) is 30.4 Å². The molecule has 0 aliphatic rings. The van der Waals surface area contributed by atoms with Crippen molar-refractivity contribution in [3.8, 4) is 11.3 Å². The lowest BCUT2D eigenvalue weighted by molar-refractivity contribution is 0.0993. The Kier molecular flexibility index (Phi) is 3.51. The van der Waals surface area contributed by atoms with Gasteiger partial charge in [0.1, 0.15) is 11.4 Å². The molecule has 0 bridgehead atoms. The van der Waals surface area contributed by atoms with Crippen LogP contribution in [0.15, 0.2) is 36.0 Å². The van der Waals surface area contributed by atoms with Gasteiger partial charge >= 0.3 is 0 Å². The Hall–Kier alpha value is -2.87. The SMILES string of the molecule is Cn1cccc1C(=O)Nc1nc(-c2c[nH]c(C(N)=O)c2)cs1. The van der Waals surface area contributed by atoms with Crippen molar-refractivity contribution in [1.29, 1.82) is 0 Å². The molecule has 4 N–H and O–H groups in total. The molecule has 0 aromatic carbocycles. The Morgan fingerprint density at radius 2 is 2.27 bits per heavy atom. The number of H-pyrrole nitrogens is 1. The van der Waals surface area contributed by atoms with Crippen LogP contribution in [0.1, 0.15) is 21.0 Å². The number of aryl methyl sites for hydroxylation is 1. The number of hydrogen-bond acceptors (Lipinski definition) is 4. The molecule has 3 aromatic rings. The monoisotopic (exact) mass is 315 g/mol. The lowest BCUT2D eigenvalue weighted by Crippen LogP contribution is -2.15. The number of hydrogen-bond donors (Lipinski definition) is 3. The molecule has 3 rings (SSSR count). The Morgan fingerprint density at radius 1 is 1.45 bits per heavy atom. The van der Waals surface area contributed by atoms with E-state index in [1.165, 1.54) is 11.3 Å². The van der Waals surface area contributed by atoms with Crippen LogP contribution in [0.4, 0.5) is 5.13 Å². The molecule has 3 aromatic heterocycles. The molecule has 3 heterocycles. The highest BCUT2D eigenvalue weighted by Gasteiger charge is 2.13. The molecule has 0 spiro atoms. The number of aromatic amines is 1. The second-order valence-corrected chi connectivity index (χ2v) is 5.52. The second kappa shape index (κ2) is 5.49. The van der Waals surface area contributed by atoms with Gasteiger partial charge in [-0.3, -0.25) is 14.9 Å². The molecule has 0 saturated carbocycles. The first-order valence-electron chi connectivity index (χ1n) is 6.41. The Balaban J connectivity index is 1.77. The van der Waals surface area contributed by atoms with Crippen molar-refractivity contribution in [2.45, 2.75) is 0 Å². The summed E-state index contributed by atoms with van der Waals surface area (Å²) in [7, 11) is 1.80. The number of primary amides is 1. The topological polar surface area (TPSA) is 106 Å². The van der Waals surface area contributed by atoms with Gasteiger partial charge in [-0.2, -0.15) is 0 Å². The van der Waals surface area contributed by atoms with Crippen molar-refractivity contribution in [3.63, 3.8) is 0 Å². The van der Waals surface area contributed by atoms with E-state index >= 15 is 0 Å². The zero-order valence-electron chi connectivity index (χ0n) is 11.7. The summed E-state index contributed by atoms with van der Waals surface area (Å²) in [5.41, 5.74) is 7.47. The Morgan fingerprint density at radius 3 is 2.91 bits per heavy atom. The fourth-order valence-corrected chi connectivity index (χ4v) is 2.72. The second-order valence-electron chi connectivity index (χ2n) is 4.66. The minimum Gasteiger partial charge on any atom is -0.364 e. The van der Waals surface area contributed by atoms with Gasteiger partial charge in [-0.1, -0.05) is 0 Å². The quantitative estimate of drug-likeness (QED) is 0.683. The van der Waals surface area contributed by atoms with E-state index in [0.717, 1.165) is 5.56 Å². The first kappa shape index (κ1) is 14.1. The average Bonchev–Trinajstić information content (AvgIpc) is 3.16. The molecule has 0 aliphatic carbocycles. The van der Waals surface area contributed by atoms with E-state index in [9.17, 15) is 9.59 Å². The molecule has 0 unspecified atom stereocenters. The molecule has 0 atom stereocenters. The third-order valence-corrected chi connectivity index (χ3v) is 3.90. The predicted molar refractivity (Wildman–Crippen MR) is 83.8 cm³/mol. The summed E-state index contributed by atoms with van der Waals surface area (Å²) in [5, 5.41) is 5.04. The molecule has 112 valence electrons. The number of carbonyl (C=O) groups excluding carboxylic acids is 2. The summed E-state index contributed by atoms with van der Waals surface area (Å²) in [6.45, 7) is 0.